The Balaban J connectivity index is 2.48. The van der Waals surface area contributed by atoms with Gasteiger partial charge in [-0.25, -0.2) is 4.68 Å². The third-order valence-electron chi connectivity index (χ3n) is 3.17. The van der Waals surface area contributed by atoms with Crippen LogP contribution in [0.1, 0.15) is 40.3 Å². The highest BCUT2D eigenvalue weighted by molar-refractivity contribution is 4.92. The highest BCUT2D eigenvalue weighted by Gasteiger charge is 2.25. The molecule has 5 nitrogen and oxygen atoms in total. The Labute approximate surface area is 110 Å². The van der Waals surface area contributed by atoms with Gasteiger partial charge in [0.05, 0.1) is 17.8 Å². The minimum atomic E-state index is -0.754. The van der Waals surface area contributed by atoms with Crippen LogP contribution in [0.25, 0.3) is 0 Å². The van der Waals surface area contributed by atoms with E-state index in [-0.39, 0.29) is 5.92 Å². The average Bonchev–Trinajstić information content (AvgIpc) is 2.64. The summed E-state index contributed by atoms with van der Waals surface area (Å²) in [6.45, 7) is 12.3. The maximum absolute atomic E-state index is 10.2. The molecule has 104 valence electrons. The molecular formula is C13H26N4O. The molecule has 0 fully saturated rings. The van der Waals surface area contributed by atoms with Crippen molar-refractivity contribution in [3.05, 3.63) is 11.9 Å². The Kier molecular flexibility index (Phi) is 5.28. The smallest absolute Gasteiger partial charge is 0.0964 e. The molecule has 0 spiro atoms. The summed E-state index contributed by atoms with van der Waals surface area (Å²) in [5.41, 5.74) is 0.159. The lowest BCUT2D eigenvalue weighted by Crippen LogP contribution is -2.36. The van der Waals surface area contributed by atoms with Crippen molar-refractivity contribution in [1.82, 2.24) is 20.3 Å². The summed E-state index contributed by atoms with van der Waals surface area (Å²) in [6, 6.07) is 0. The van der Waals surface area contributed by atoms with Gasteiger partial charge in [-0.3, -0.25) is 0 Å². The van der Waals surface area contributed by atoms with Gasteiger partial charge in [-0.1, -0.05) is 32.9 Å². The van der Waals surface area contributed by atoms with Gasteiger partial charge in [-0.15, -0.1) is 5.10 Å². The Morgan fingerprint density at radius 1 is 1.39 bits per heavy atom. The minimum Gasteiger partial charge on any atom is -0.388 e. The highest BCUT2D eigenvalue weighted by Crippen LogP contribution is 2.17. The Morgan fingerprint density at radius 2 is 2.06 bits per heavy atom. The van der Waals surface area contributed by atoms with Crippen molar-refractivity contribution in [3.63, 3.8) is 0 Å². The second-order valence-electron chi connectivity index (χ2n) is 5.94. The summed E-state index contributed by atoms with van der Waals surface area (Å²) in [5, 5.41) is 21.7. The third kappa shape index (κ3) is 4.74. The molecule has 5 heteroatoms. The van der Waals surface area contributed by atoms with E-state index in [4.69, 9.17) is 0 Å². The summed E-state index contributed by atoms with van der Waals surface area (Å²) >= 11 is 0. The summed E-state index contributed by atoms with van der Waals surface area (Å²) < 4.78 is 1.71. The predicted molar refractivity (Wildman–Crippen MR) is 72.0 cm³/mol. The molecule has 0 amide bonds. The van der Waals surface area contributed by atoms with E-state index < -0.39 is 5.60 Å². The van der Waals surface area contributed by atoms with Crippen molar-refractivity contribution in [2.24, 2.45) is 11.8 Å². The zero-order valence-corrected chi connectivity index (χ0v) is 12.1. The number of aromatic nitrogens is 3. The molecule has 0 radical (unpaired) electrons. The third-order valence-corrected chi connectivity index (χ3v) is 3.17. The van der Waals surface area contributed by atoms with Crippen LogP contribution in [0, 0.1) is 11.8 Å². The van der Waals surface area contributed by atoms with Crippen LogP contribution in [0.3, 0.4) is 0 Å². The number of hydrogen-bond acceptors (Lipinski definition) is 4. The fourth-order valence-corrected chi connectivity index (χ4v) is 1.50. The SMILES string of the molecule is CC(C)CNCc1cn(CC(C)(O)C(C)C)nn1. The molecule has 1 aromatic rings. The summed E-state index contributed by atoms with van der Waals surface area (Å²) in [7, 11) is 0. The van der Waals surface area contributed by atoms with Crippen LogP contribution in [0.5, 0.6) is 0 Å². The van der Waals surface area contributed by atoms with E-state index in [9.17, 15) is 5.11 Å². The van der Waals surface area contributed by atoms with Gasteiger partial charge in [0.15, 0.2) is 0 Å². The largest absolute Gasteiger partial charge is 0.388 e. The van der Waals surface area contributed by atoms with Crippen molar-refractivity contribution in [3.8, 4) is 0 Å². The first-order chi connectivity index (χ1) is 8.31. The Hall–Kier alpha value is -0.940. The highest BCUT2D eigenvalue weighted by atomic mass is 16.3. The molecule has 1 unspecified atom stereocenters. The fourth-order valence-electron chi connectivity index (χ4n) is 1.50. The number of rotatable bonds is 7. The molecular weight excluding hydrogens is 228 g/mol. The molecule has 1 atom stereocenters. The van der Waals surface area contributed by atoms with Gasteiger partial charge in [0.1, 0.15) is 0 Å². The zero-order chi connectivity index (χ0) is 13.8. The molecule has 2 N–H and O–H groups in total. The van der Waals surface area contributed by atoms with Gasteiger partial charge >= 0.3 is 0 Å². The second-order valence-corrected chi connectivity index (χ2v) is 5.94. The lowest BCUT2D eigenvalue weighted by molar-refractivity contribution is -0.00611. The topological polar surface area (TPSA) is 63.0 Å². The number of aliphatic hydroxyl groups is 1. The zero-order valence-electron chi connectivity index (χ0n) is 12.1. The van der Waals surface area contributed by atoms with Crippen LogP contribution in [-0.2, 0) is 13.1 Å². The predicted octanol–water partition coefficient (Wildman–Crippen LogP) is 1.43. The quantitative estimate of drug-likeness (QED) is 0.772. The number of hydrogen-bond donors (Lipinski definition) is 2. The Morgan fingerprint density at radius 3 is 2.61 bits per heavy atom. The van der Waals surface area contributed by atoms with Crippen molar-refractivity contribution in [1.29, 1.82) is 0 Å². The molecule has 1 aromatic heterocycles. The first-order valence-electron chi connectivity index (χ1n) is 6.63. The van der Waals surface area contributed by atoms with Crippen molar-refractivity contribution in [2.45, 2.75) is 53.3 Å². The molecule has 18 heavy (non-hydrogen) atoms. The molecule has 0 aliphatic carbocycles. The van der Waals surface area contributed by atoms with Crippen molar-refractivity contribution in [2.75, 3.05) is 6.54 Å². The average molecular weight is 254 g/mol. The maximum Gasteiger partial charge on any atom is 0.0964 e. The number of nitrogens with one attached hydrogen (secondary N) is 1. The van der Waals surface area contributed by atoms with Crippen molar-refractivity contribution >= 4 is 0 Å². The summed E-state index contributed by atoms with van der Waals surface area (Å²) in [6.07, 6.45) is 1.89. The van der Waals surface area contributed by atoms with Crippen molar-refractivity contribution < 1.29 is 5.11 Å². The van der Waals surface area contributed by atoms with Crippen LogP contribution in [0.2, 0.25) is 0 Å². The standard InChI is InChI=1S/C13H26N4O/c1-10(2)6-14-7-12-8-17(16-15-12)9-13(5,18)11(3)4/h8,10-11,14,18H,6-7,9H2,1-5H3. The maximum atomic E-state index is 10.2. The molecule has 0 saturated heterocycles. The van der Waals surface area contributed by atoms with Crippen LogP contribution in [0.4, 0.5) is 0 Å². The monoisotopic (exact) mass is 254 g/mol. The molecule has 1 rings (SSSR count). The Bertz CT molecular complexity index is 358. The minimum absolute atomic E-state index is 0.184. The van der Waals surface area contributed by atoms with E-state index in [1.807, 2.05) is 27.0 Å². The van der Waals surface area contributed by atoms with Gasteiger partial charge in [0, 0.05) is 12.7 Å². The van der Waals surface area contributed by atoms with E-state index in [1.165, 1.54) is 0 Å². The number of nitrogens with zero attached hydrogens (tertiary/aromatic N) is 3. The molecule has 1 heterocycles. The lowest BCUT2D eigenvalue weighted by Gasteiger charge is -2.26. The molecule has 0 aliphatic rings. The second kappa shape index (κ2) is 6.29. The van der Waals surface area contributed by atoms with Crippen LogP contribution >= 0.6 is 0 Å². The first-order valence-corrected chi connectivity index (χ1v) is 6.63. The molecule has 0 aliphatic heterocycles. The summed E-state index contributed by atoms with van der Waals surface area (Å²) in [5.74, 6) is 0.811. The first kappa shape index (κ1) is 15.1. The van der Waals surface area contributed by atoms with Crippen LogP contribution in [0.15, 0.2) is 6.20 Å². The van der Waals surface area contributed by atoms with E-state index in [2.05, 4.69) is 29.5 Å². The van der Waals surface area contributed by atoms with Gasteiger partial charge in [0.2, 0.25) is 0 Å². The molecule has 0 bridgehead atoms. The fraction of sp³-hybridized carbons (Fsp3) is 0.846. The van der Waals surface area contributed by atoms with Gasteiger partial charge in [-0.05, 0) is 25.3 Å². The van der Waals surface area contributed by atoms with E-state index >= 15 is 0 Å². The van der Waals surface area contributed by atoms with Gasteiger partial charge in [0.25, 0.3) is 0 Å². The van der Waals surface area contributed by atoms with Gasteiger partial charge < -0.3 is 10.4 Å². The van der Waals surface area contributed by atoms with Crippen LogP contribution < -0.4 is 5.32 Å². The normalized spacial score (nSPS) is 15.3. The lowest BCUT2D eigenvalue weighted by atomic mass is 9.93. The van der Waals surface area contributed by atoms with E-state index in [0.717, 1.165) is 18.8 Å². The molecule has 0 saturated carbocycles. The molecule has 0 aromatic carbocycles. The van der Waals surface area contributed by atoms with Gasteiger partial charge in [-0.2, -0.15) is 0 Å². The van der Waals surface area contributed by atoms with E-state index in [1.54, 1.807) is 4.68 Å². The summed E-state index contributed by atoms with van der Waals surface area (Å²) in [4.78, 5) is 0. The van der Waals surface area contributed by atoms with Crippen LogP contribution in [-0.4, -0.2) is 32.2 Å². The van der Waals surface area contributed by atoms with E-state index in [0.29, 0.717) is 12.5 Å².